The molecule has 1 heterocycles. The zero-order valence-corrected chi connectivity index (χ0v) is 13.5. The molecule has 1 aliphatic carbocycles. The Labute approximate surface area is 134 Å². The van der Waals surface area contributed by atoms with E-state index < -0.39 is 5.97 Å². The van der Waals surface area contributed by atoms with Crippen molar-refractivity contribution < 1.29 is 19.1 Å². The lowest BCUT2D eigenvalue weighted by Gasteiger charge is -2.23. The fourth-order valence-corrected chi connectivity index (χ4v) is 3.44. The molecule has 0 radical (unpaired) electrons. The fourth-order valence-electron chi connectivity index (χ4n) is 3.44. The average Bonchev–Trinajstić information content (AvgIpc) is 2.78. The molecule has 1 saturated heterocycles. The van der Waals surface area contributed by atoms with Gasteiger partial charge in [0.25, 0.3) is 0 Å². The number of methoxy groups -OCH3 is 1. The van der Waals surface area contributed by atoms with E-state index in [4.69, 9.17) is 4.74 Å². The van der Waals surface area contributed by atoms with Crippen molar-refractivity contribution in [3.8, 4) is 0 Å². The predicted molar refractivity (Wildman–Crippen MR) is 84.9 cm³/mol. The highest BCUT2D eigenvalue weighted by molar-refractivity contribution is 6.24. The van der Waals surface area contributed by atoms with Crippen LogP contribution in [0.5, 0.6) is 0 Å². The van der Waals surface area contributed by atoms with Crippen LogP contribution >= 0.6 is 0 Å². The van der Waals surface area contributed by atoms with E-state index in [1.54, 1.807) is 24.3 Å². The Morgan fingerprint density at radius 1 is 1.04 bits per heavy atom. The fraction of sp³-hybridized carbons (Fsp3) is 0.389. The first kappa shape index (κ1) is 15.5. The second-order valence-corrected chi connectivity index (χ2v) is 6.20. The van der Waals surface area contributed by atoms with Crippen LogP contribution in [0.15, 0.2) is 35.4 Å². The van der Waals surface area contributed by atoms with Gasteiger partial charge in [0, 0.05) is 0 Å². The Morgan fingerprint density at radius 2 is 1.57 bits per heavy atom. The summed E-state index contributed by atoms with van der Waals surface area (Å²) >= 11 is 0. The van der Waals surface area contributed by atoms with Crippen molar-refractivity contribution in [2.45, 2.75) is 26.7 Å². The first-order valence-corrected chi connectivity index (χ1v) is 7.66. The Hall–Kier alpha value is -2.43. The van der Waals surface area contributed by atoms with Gasteiger partial charge < -0.3 is 4.74 Å². The average molecular weight is 313 g/mol. The van der Waals surface area contributed by atoms with Crippen molar-refractivity contribution in [2.24, 2.45) is 11.8 Å². The number of hydrogen-bond acceptors (Lipinski definition) is 4. The number of rotatable bonds is 2. The molecule has 0 aromatic heterocycles. The summed E-state index contributed by atoms with van der Waals surface area (Å²) < 4.78 is 4.76. The van der Waals surface area contributed by atoms with Gasteiger partial charge in [-0.2, -0.15) is 0 Å². The maximum Gasteiger partial charge on any atom is 0.339 e. The van der Waals surface area contributed by atoms with Crippen LogP contribution in [0.25, 0.3) is 0 Å². The predicted octanol–water partition coefficient (Wildman–Crippen LogP) is 2.71. The zero-order valence-electron chi connectivity index (χ0n) is 13.5. The number of fused-ring (bicyclic) bond motifs is 1. The molecule has 5 nitrogen and oxygen atoms in total. The van der Waals surface area contributed by atoms with Crippen LogP contribution in [0.4, 0.5) is 5.69 Å². The van der Waals surface area contributed by atoms with Gasteiger partial charge in [-0.3, -0.25) is 9.59 Å². The monoisotopic (exact) mass is 313 g/mol. The number of amides is 2. The maximum absolute atomic E-state index is 12.8. The van der Waals surface area contributed by atoms with Crippen molar-refractivity contribution in [2.75, 3.05) is 12.0 Å². The van der Waals surface area contributed by atoms with Crippen molar-refractivity contribution in [3.63, 3.8) is 0 Å². The lowest BCUT2D eigenvalue weighted by atomic mass is 9.78. The molecule has 0 unspecified atom stereocenters. The highest BCUT2D eigenvalue weighted by atomic mass is 16.5. The van der Waals surface area contributed by atoms with Gasteiger partial charge >= 0.3 is 5.97 Å². The normalized spacial score (nSPS) is 24.0. The quantitative estimate of drug-likeness (QED) is 0.478. The Kier molecular flexibility index (Phi) is 3.80. The van der Waals surface area contributed by atoms with Crippen molar-refractivity contribution >= 4 is 23.5 Å². The number of allylic oxidation sites excluding steroid dienone is 2. The summed E-state index contributed by atoms with van der Waals surface area (Å²) in [7, 11) is 1.28. The van der Waals surface area contributed by atoms with Gasteiger partial charge in [-0.25, -0.2) is 9.69 Å². The smallest absolute Gasteiger partial charge is 0.339 e. The molecule has 0 bridgehead atoms. The summed E-state index contributed by atoms with van der Waals surface area (Å²) in [5.41, 5.74) is 2.90. The summed E-state index contributed by atoms with van der Waals surface area (Å²) in [4.78, 5) is 38.7. The number of carbonyl (C=O) groups excluding carboxylic acids is 3. The third-order valence-corrected chi connectivity index (χ3v) is 4.89. The van der Waals surface area contributed by atoms with Gasteiger partial charge in [-0.15, -0.1) is 0 Å². The molecule has 0 saturated carbocycles. The van der Waals surface area contributed by atoms with E-state index in [0.717, 1.165) is 0 Å². The van der Waals surface area contributed by atoms with E-state index in [2.05, 4.69) is 0 Å². The van der Waals surface area contributed by atoms with E-state index in [-0.39, 0.29) is 29.2 Å². The Morgan fingerprint density at radius 3 is 2.09 bits per heavy atom. The number of imide groups is 1. The van der Waals surface area contributed by atoms with Crippen molar-refractivity contribution in [1.29, 1.82) is 0 Å². The van der Waals surface area contributed by atoms with Crippen LogP contribution in [0, 0.1) is 11.8 Å². The number of hydrogen-bond donors (Lipinski definition) is 0. The summed E-state index contributed by atoms with van der Waals surface area (Å²) in [6, 6.07) is 6.58. The number of para-hydroxylation sites is 1. The Balaban J connectivity index is 2.02. The van der Waals surface area contributed by atoms with Gasteiger partial charge in [0.1, 0.15) is 0 Å². The van der Waals surface area contributed by atoms with Crippen molar-refractivity contribution in [3.05, 3.63) is 41.0 Å². The van der Waals surface area contributed by atoms with Gasteiger partial charge in [-0.1, -0.05) is 23.3 Å². The molecule has 1 aliphatic heterocycles. The second kappa shape index (κ2) is 5.65. The molecule has 120 valence electrons. The number of carbonyl (C=O) groups is 3. The van der Waals surface area contributed by atoms with Gasteiger partial charge in [-0.05, 0) is 38.8 Å². The van der Waals surface area contributed by atoms with Crippen LogP contribution in [0.3, 0.4) is 0 Å². The highest BCUT2D eigenvalue weighted by Gasteiger charge is 2.50. The van der Waals surface area contributed by atoms with Crippen LogP contribution < -0.4 is 4.90 Å². The van der Waals surface area contributed by atoms with E-state index in [0.29, 0.717) is 18.5 Å². The lowest BCUT2D eigenvalue weighted by Crippen LogP contribution is -2.32. The van der Waals surface area contributed by atoms with Gasteiger partial charge in [0.15, 0.2) is 0 Å². The molecule has 1 fully saturated rings. The number of anilines is 1. The number of esters is 1. The minimum absolute atomic E-state index is 0.219. The summed E-state index contributed by atoms with van der Waals surface area (Å²) in [5.74, 6) is -1.64. The van der Waals surface area contributed by atoms with E-state index >= 15 is 0 Å². The maximum atomic E-state index is 12.8. The number of nitrogens with zero attached hydrogens (tertiary/aromatic N) is 1. The third-order valence-electron chi connectivity index (χ3n) is 4.89. The summed E-state index contributed by atoms with van der Waals surface area (Å²) in [5, 5.41) is 0. The molecule has 0 N–H and O–H groups in total. The molecule has 2 atom stereocenters. The largest absolute Gasteiger partial charge is 0.465 e. The molecular weight excluding hydrogens is 294 g/mol. The van der Waals surface area contributed by atoms with E-state index in [9.17, 15) is 14.4 Å². The molecule has 1 aromatic rings. The van der Waals surface area contributed by atoms with E-state index in [1.807, 2.05) is 13.8 Å². The van der Waals surface area contributed by atoms with Crippen LogP contribution in [-0.2, 0) is 14.3 Å². The highest BCUT2D eigenvalue weighted by Crippen LogP contribution is 2.42. The minimum Gasteiger partial charge on any atom is -0.465 e. The SMILES string of the molecule is COC(=O)c1ccccc1N1C(=O)[C@H]2CC(C)=C(C)C[C@@H]2C1=O. The van der Waals surface area contributed by atoms with Crippen LogP contribution in [0.2, 0.25) is 0 Å². The molecule has 2 amide bonds. The zero-order chi connectivity index (χ0) is 16.7. The number of benzene rings is 1. The summed E-state index contributed by atoms with van der Waals surface area (Å²) in [6.07, 6.45) is 1.22. The van der Waals surface area contributed by atoms with Crippen molar-refractivity contribution in [1.82, 2.24) is 0 Å². The van der Waals surface area contributed by atoms with E-state index in [1.165, 1.54) is 23.2 Å². The molecule has 1 aromatic carbocycles. The molecule has 5 heteroatoms. The first-order chi connectivity index (χ1) is 11.0. The standard InChI is InChI=1S/C18H19NO4/c1-10-8-13-14(9-11(10)2)17(21)19(16(13)20)15-7-5-4-6-12(15)18(22)23-3/h4-7,13-14H,8-9H2,1-3H3/t13-,14-/m0/s1. The second-order valence-electron chi connectivity index (χ2n) is 6.20. The summed E-state index contributed by atoms with van der Waals surface area (Å²) in [6.45, 7) is 4.02. The van der Waals surface area contributed by atoms with Crippen LogP contribution in [0.1, 0.15) is 37.0 Å². The first-order valence-electron chi connectivity index (χ1n) is 7.66. The Bertz CT molecular complexity index is 702. The molecule has 0 spiro atoms. The topological polar surface area (TPSA) is 63.7 Å². The minimum atomic E-state index is -0.554. The van der Waals surface area contributed by atoms with Gasteiger partial charge in [0.05, 0.1) is 30.2 Å². The van der Waals surface area contributed by atoms with Crippen LogP contribution in [-0.4, -0.2) is 24.9 Å². The van der Waals surface area contributed by atoms with Gasteiger partial charge in [0.2, 0.25) is 11.8 Å². The molecular formula is C18H19NO4. The molecule has 2 aliphatic rings. The molecule has 3 rings (SSSR count). The molecule has 23 heavy (non-hydrogen) atoms. The lowest BCUT2D eigenvalue weighted by molar-refractivity contribution is -0.122. The number of ether oxygens (including phenoxy) is 1. The third kappa shape index (κ3) is 2.36.